The Morgan fingerprint density at radius 1 is 1.29 bits per heavy atom. The predicted octanol–water partition coefficient (Wildman–Crippen LogP) is 2.87. The molecule has 0 bridgehead atoms. The van der Waals surface area contributed by atoms with Crippen LogP contribution in [-0.4, -0.2) is 38.8 Å². The SMILES string of the molecule is Cc1nn(-c2ccccn2)c(C)c1CN1CCC(N)C(C)(C)C1.Cl. The molecular weight excluding hydrogens is 322 g/mol. The third-order valence-electron chi connectivity index (χ3n) is 5.08. The fourth-order valence-electron chi connectivity index (χ4n) is 3.45. The van der Waals surface area contributed by atoms with E-state index in [-0.39, 0.29) is 23.9 Å². The van der Waals surface area contributed by atoms with Gasteiger partial charge in [0.1, 0.15) is 0 Å². The molecule has 0 spiro atoms. The molecule has 0 aromatic carbocycles. The molecule has 1 aliphatic heterocycles. The first-order valence-corrected chi connectivity index (χ1v) is 8.33. The first kappa shape index (κ1) is 18.9. The summed E-state index contributed by atoms with van der Waals surface area (Å²) >= 11 is 0. The fourth-order valence-corrected chi connectivity index (χ4v) is 3.45. The number of aryl methyl sites for hydroxylation is 1. The van der Waals surface area contributed by atoms with Gasteiger partial charge in [-0.1, -0.05) is 19.9 Å². The molecule has 1 aliphatic rings. The summed E-state index contributed by atoms with van der Waals surface area (Å²) in [5.74, 6) is 0.875. The van der Waals surface area contributed by atoms with E-state index in [9.17, 15) is 0 Å². The Bertz CT molecular complexity index is 680. The Morgan fingerprint density at radius 2 is 2.04 bits per heavy atom. The van der Waals surface area contributed by atoms with Crippen LogP contribution in [0.25, 0.3) is 5.82 Å². The summed E-state index contributed by atoms with van der Waals surface area (Å²) in [6, 6.07) is 6.20. The van der Waals surface area contributed by atoms with E-state index in [1.165, 1.54) is 11.3 Å². The van der Waals surface area contributed by atoms with E-state index in [0.29, 0.717) is 0 Å². The van der Waals surface area contributed by atoms with Crippen LogP contribution in [0.3, 0.4) is 0 Å². The lowest BCUT2D eigenvalue weighted by atomic mass is 9.79. The minimum Gasteiger partial charge on any atom is -0.327 e. The minimum atomic E-state index is 0. The van der Waals surface area contributed by atoms with E-state index in [1.54, 1.807) is 6.20 Å². The number of likely N-dealkylation sites (tertiary alicyclic amines) is 1. The summed E-state index contributed by atoms with van der Waals surface area (Å²) in [5.41, 5.74) is 9.99. The normalized spacial score (nSPS) is 20.6. The van der Waals surface area contributed by atoms with Gasteiger partial charge in [0.05, 0.1) is 5.69 Å². The number of halogens is 1. The molecule has 0 amide bonds. The summed E-state index contributed by atoms with van der Waals surface area (Å²) in [5, 5.41) is 4.70. The highest BCUT2D eigenvalue weighted by Gasteiger charge is 2.33. The van der Waals surface area contributed by atoms with E-state index in [1.807, 2.05) is 22.9 Å². The first-order chi connectivity index (χ1) is 10.9. The van der Waals surface area contributed by atoms with Crippen molar-refractivity contribution in [3.63, 3.8) is 0 Å². The Balaban J connectivity index is 0.00000208. The number of rotatable bonds is 3. The Morgan fingerprint density at radius 3 is 2.67 bits per heavy atom. The van der Waals surface area contributed by atoms with Crippen molar-refractivity contribution in [3.8, 4) is 5.82 Å². The van der Waals surface area contributed by atoms with Crippen LogP contribution in [0, 0.1) is 19.3 Å². The topological polar surface area (TPSA) is 60.0 Å². The fraction of sp³-hybridized carbons (Fsp3) is 0.556. The number of pyridine rings is 1. The molecule has 24 heavy (non-hydrogen) atoms. The van der Waals surface area contributed by atoms with Gasteiger partial charge >= 0.3 is 0 Å². The van der Waals surface area contributed by atoms with Crippen LogP contribution < -0.4 is 5.73 Å². The van der Waals surface area contributed by atoms with Gasteiger partial charge in [-0.25, -0.2) is 9.67 Å². The van der Waals surface area contributed by atoms with Crippen molar-refractivity contribution in [2.45, 2.75) is 46.7 Å². The molecule has 2 aromatic heterocycles. The highest BCUT2D eigenvalue weighted by atomic mass is 35.5. The molecule has 1 fully saturated rings. The minimum absolute atomic E-state index is 0. The molecule has 3 heterocycles. The zero-order chi connectivity index (χ0) is 16.6. The zero-order valence-corrected chi connectivity index (χ0v) is 15.8. The van der Waals surface area contributed by atoms with Gasteiger partial charge < -0.3 is 5.73 Å². The molecule has 132 valence electrons. The summed E-state index contributed by atoms with van der Waals surface area (Å²) in [7, 11) is 0. The summed E-state index contributed by atoms with van der Waals surface area (Å²) in [6.45, 7) is 11.8. The third kappa shape index (κ3) is 3.63. The van der Waals surface area contributed by atoms with Crippen LogP contribution in [0.1, 0.15) is 37.2 Å². The smallest absolute Gasteiger partial charge is 0.153 e. The van der Waals surface area contributed by atoms with Gasteiger partial charge in [0.25, 0.3) is 0 Å². The van der Waals surface area contributed by atoms with Crippen molar-refractivity contribution >= 4 is 12.4 Å². The molecule has 2 aromatic rings. The second-order valence-corrected chi connectivity index (χ2v) is 7.34. The highest BCUT2D eigenvalue weighted by Crippen LogP contribution is 2.29. The van der Waals surface area contributed by atoms with E-state index in [4.69, 9.17) is 10.8 Å². The molecular formula is C18H28ClN5. The number of hydrogen-bond acceptors (Lipinski definition) is 4. The van der Waals surface area contributed by atoms with E-state index < -0.39 is 0 Å². The van der Waals surface area contributed by atoms with Crippen molar-refractivity contribution in [2.75, 3.05) is 13.1 Å². The van der Waals surface area contributed by atoms with Crippen LogP contribution >= 0.6 is 12.4 Å². The van der Waals surface area contributed by atoms with Crippen molar-refractivity contribution < 1.29 is 0 Å². The molecule has 0 aliphatic carbocycles. The molecule has 1 unspecified atom stereocenters. The first-order valence-electron chi connectivity index (χ1n) is 8.33. The van der Waals surface area contributed by atoms with Crippen molar-refractivity contribution in [1.29, 1.82) is 0 Å². The monoisotopic (exact) mass is 349 g/mol. The average Bonchev–Trinajstić information content (AvgIpc) is 2.80. The van der Waals surface area contributed by atoms with Gasteiger partial charge in [-0.05, 0) is 37.8 Å². The van der Waals surface area contributed by atoms with Gasteiger partial charge in [-0.2, -0.15) is 5.10 Å². The molecule has 6 heteroatoms. The van der Waals surface area contributed by atoms with E-state index in [2.05, 4.69) is 37.6 Å². The number of nitrogens with two attached hydrogens (primary N) is 1. The van der Waals surface area contributed by atoms with Crippen LogP contribution in [0.2, 0.25) is 0 Å². The molecule has 5 nitrogen and oxygen atoms in total. The molecule has 1 atom stereocenters. The lowest BCUT2D eigenvalue weighted by Crippen LogP contribution is -2.52. The quantitative estimate of drug-likeness (QED) is 0.925. The van der Waals surface area contributed by atoms with Crippen molar-refractivity contribution in [2.24, 2.45) is 11.1 Å². The summed E-state index contributed by atoms with van der Waals surface area (Å²) < 4.78 is 1.95. The summed E-state index contributed by atoms with van der Waals surface area (Å²) in [6.07, 6.45) is 2.86. The van der Waals surface area contributed by atoms with Crippen LogP contribution in [0.4, 0.5) is 0 Å². The molecule has 1 saturated heterocycles. The predicted molar refractivity (Wildman–Crippen MR) is 99.7 cm³/mol. The molecule has 0 radical (unpaired) electrons. The maximum Gasteiger partial charge on any atom is 0.153 e. The lowest BCUT2D eigenvalue weighted by Gasteiger charge is -2.42. The second kappa shape index (κ2) is 7.21. The van der Waals surface area contributed by atoms with Crippen LogP contribution in [-0.2, 0) is 6.54 Å². The van der Waals surface area contributed by atoms with Gasteiger partial charge in [-0.3, -0.25) is 4.90 Å². The van der Waals surface area contributed by atoms with E-state index in [0.717, 1.165) is 37.6 Å². The summed E-state index contributed by atoms with van der Waals surface area (Å²) in [4.78, 5) is 6.92. The van der Waals surface area contributed by atoms with Gasteiger partial charge in [0.2, 0.25) is 0 Å². The van der Waals surface area contributed by atoms with Crippen LogP contribution in [0.15, 0.2) is 24.4 Å². The average molecular weight is 350 g/mol. The maximum atomic E-state index is 6.26. The van der Waals surface area contributed by atoms with Crippen molar-refractivity contribution in [1.82, 2.24) is 19.7 Å². The van der Waals surface area contributed by atoms with Crippen LogP contribution in [0.5, 0.6) is 0 Å². The Labute approximate surface area is 150 Å². The third-order valence-corrected chi connectivity index (χ3v) is 5.08. The highest BCUT2D eigenvalue weighted by molar-refractivity contribution is 5.85. The van der Waals surface area contributed by atoms with Gasteiger partial charge in [0, 0.05) is 43.1 Å². The Kier molecular flexibility index (Phi) is 5.68. The molecule has 2 N–H and O–H groups in total. The number of piperidine rings is 1. The standard InChI is InChI=1S/C18H27N5.ClH/c1-13-15(11-22-10-8-16(19)18(3,4)12-22)14(2)23(21-13)17-7-5-6-9-20-17;/h5-7,9,16H,8,10-12,19H2,1-4H3;1H. The zero-order valence-electron chi connectivity index (χ0n) is 15.0. The molecule has 0 saturated carbocycles. The maximum absolute atomic E-state index is 6.26. The largest absolute Gasteiger partial charge is 0.327 e. The van der Waals surface area contributed by atoms with Gasteiger partial charge in [-0.15, -0.1) is 12.4 Å². The van der Waals surface area contributed by atoms with E-state index >= 15 is 0 Å². The van der Waals surface area contributed by atoms with Gasteiger partial charge in [0.15, 0.2) is 5.82 Å². The lowest BCUT2D eigenvalue weighted by molar-refractivity contribution is 0.0896. The second-order valence-electron chi connectivity index (χ2n) is 7.34. The molecule has 3 rings (SSSR count). The number of aromatic nitrogens is 3. The Hall–Kier alpha value is -1.43. The number of nitrogens with zero attached hydrogens (tertiary/aromatic N) is 4. The van der Waals surface area contributed by atoms with Crippen molar-refractivity contribution in [3.05, 3.63) is 41.3 Å². The number of hydrogen-bond donors (Lipinski definition) is 1.